The molecule has 1 amide bonds. The monoisotopic (exact) mass is 329 g/mol. The molecule has 2 rings (SSSR count). The Morgan fingerprint density at radius 1 is 0.958 bits per heavy atom. The first-order valence-electron chi connectivity index (χ1n) is 7.81. The lowest BCUT2D eigenvalue weighted by Crippen LogP contribution is -2.24. The minimum atomic E-state index is -0.0961. The van der Waals surface area contributed by atoms with Crippen LogP contribution in [-0.2, 0) is 6.42 Å². The van der Waals surface area contributed by atoms with Gasteiger partial charge >= 0.3 is 0 Å². The van der Waals surface area contributed by atoms with Crippen LogP contribution in [0.25, 0.3) is 0 Å². The first-order valence-corrected chi connectivity index (χ1v) is 7.81. The van der Waals surface area contributed by atoms with Crippen molar-refractivity contribution in [3.05, 3.63) is 53.6 Å². The molecule has 0 aliphatic rings. The summed E-state index contributed by atoms with van der Waals surface area (Å²) in [4.78, 5) is 12.1. The summed E-state index contributed by atoms with van der Waals surface area (Å²) in [6.45, 7) is 0.602. The number of ether oxygens (including phenoxy) is 3. The molecular weight excluding hydrogens is 306 g/mol. The summed E-state index contributed by atoms with van der Waals surface area (Å²) < 4.78 is 15.6. The van der Waals surface area contributed by atoms with Crippen LogP contribution in [0.3, 0.4) is 0 Å². The molecule has 0 aliphatic heterocycles. The predicted octanol–water partition coefficient (Wildman–Crippen LogP) is 3.08. The Bertz CT molecular complexity index is 685. The minimum absolute atomic E-state index is 0.0961. The summed E-state index contributed by atoms with van der Waals surface area (Å²) in [7, 11) is 4.82. The van der Waals surface area contributed by atoms with Crippen LogP contribution < -0.4 is 19.5 Å². The number of carbonyl (C=O) groups excluding carboxylic acids is 1. The Balaban J connectivity index is 1.83. The third-order valence-electron chi connectivity index (χ3n) is 3.71. The molecule has 0 spiro atoms. The number of hydrogen-bond donors (Lipinski definition) is 1. The van der Waals surface area contributed by atoms with Crippen LogP contribution in [0.15, 0.2) is 42.5 Å². The number of benzene rings is 2. The number of methoxy groups -OCH3 is 3. The van der Waals surface area contributed by atoms with Crippen LogP contribution in [-0.4, -0.2) is 33.8 Å². The third kappa shape index (κ3) is 4.65. The zero-order valence-corrected chi connectivity index (χ0v) is 14.3. The molecule has 0 aliphatic carbocycles. The summed E-state index contributed by atoms with van der Waals surface area (Å²) in [6, 6.07) is 13.0. The van der Waals surface area contributed by atoms with Crippen molar-refractivity contribution in [3.8, 4) is 17.2 Å². The maximum Gasteiger partial charge on any atom is 0.251 e. The molecule has 0 fully saturated rings. The Morgan fingerprint density at radius 2 is 1.75 bits per heavy atom. The van der Waals surface area contributed by atoms with Gasteiger partial charge in [0.05, 0.1) is 21.3 Å². The SMILES string of the molecule is COc1cccc(C(=O)NCCCc2ccc(OC)c(OC)c2)c1. The molecule has 0 atom stereocenters. The molecule has 0 radical (unpaired) electrons. The van der Waals surface area contributed by atoms with E-state index in [1.165, 1.54) is 0 Å². The van der Waals surface area contributed by atoms with Crippen molar-refractivity contribution in [3.63, 3.8) is 0 Å². The van der Waals surface area contributed by atoms with E-state index in [0.717, 1.165) is 24.2 Å². The highest BCUT2D eigenvalue weighted by Gasteiger charge is 2.07. The van der Waals surface area contributed by atoms with Gasteiger partial charge in [-0.2, -0.15) is 0 Å². The molecule has 128 valence electrons. The molecule has 1 N–H and O–H groups in total. The van der Waals surface area contributed by atoms with E-state index in [4.69, 9.17) is 14.2 Å². The van der Waals surface area contributed by atoms with Crippen molar-refractivity contribution < 1.29 is 19.0 Å². The fourth-order valence-corrected chi connectivity index (χ4v) is 2.40. The molecule has 0 saturated carbocycles. The van der Waals surface area contributed by atoms with E-state index in [1.807, 2.05) is 24.3 Å². The first-order chi connectivity index (χ1) is 11.7. The Hall–Kier alpha value is -2.69. The maximum atomic E-state index is 12.1. The number of rotatable bonds is 8. The van der Waals surface area contributed by atoms with E-state index in [-0.39, 0.29) is 5.91 Å². The van der Waals surface area contributed by atoms with Crippen LogP contribution in [0.5, 0.6) is 17.2 Å². The van der Waals surface area contributed by atoms with Crippen LogP contribution >= 0.6 is 0 Å². The van der Waals surface area contributed by atoms with E-state index in [1.54, 1.807) is 39.5 Å². The molecule has 2 aromatic carbocycles. The van der Waals surface area contributed by atoms with E-state index >= 15 is 0 Å². The average Bonchev–Trinajstić information content (AvgIpc) is 2.64. The molecule has 0 saturated heterocycles. The van der Waals surface area contributed by atoms with Crippen LogP contribution in [0.2, 0.25) is 0 Å². The Morgan fingerprint density at radius 3 is 2.46 bits per heavy atom. The molecule has 0 heterocycles. The van der Waals surface area contributed by atoms with E-state index in [2.05, 4.69) is 5.32 Å². The van der Waals surface area contributed by atoms with Gasteiger partial charge in [0.1, 0.15) is 5.75 Å². The zero-order chi connectivity index (χ0) is 17.4. The van der Waals surface area contributed by atoms with Crippen LogP contribution in [0, 0.1) is 0 Å². The summed E-state index contributed by atoms with van der Waals surface area (Å²) in [5.74, 6) is 2.01. The van der Waals surface area contributed by atoms with Gasteiger partial charge in [0, 0.05) is 12.1 Å². The average molecular weight is 329 g/mol. The van der Waals surface area contributed by atoms with Gasteiger partial charge in [-0.15, -0.1) is 0 Å². The van der Waals surface area contributed by atoms with Crippen molar-refractivity contribution in [2.45, 2.75) is 12.8 Å². The predicted molar refractivity (Wildman–Crippen MR) is 93.2 cm³/mol. The highest BCUT2D eigenvalue weighted by molar-refractivity contribution is 5.94. The van der Waals surface area contributed by atoms with Gasteiger partial charge in [0.15, 0.2) is 11.5 Å². The number of aryl methyl sites for hydroxylation is 1. The highest BCUT2D eigenvalue weighted by Crippen LogP contribution is 2.27. The fourth-order valence-electron chi connectivity index (χ4n) is 2.40. The second-order valence-electron chi connectivity index (χ2n) is 5.28. The van der Waals surface area contributed by atoms with Crippen LogP contribution in [0.4, 0.5) is 0 Å². The van der Waals surface area contributed by atoms with Crippen LogP contribution in [0.1, 0.15) is 22.3 Å². The number of nitrogens with one attached hydrogen (secondary N) is 1. The molecule has 5 heteroatoms. The Labute approximate surface area is 142 Å². The van der Waals surface area contributed by atoms with E-state index < -0.39 is 0 Å². The van der Waals surface area contributed by atoms with Gasteiger partial charge in [-0.3, -0.25) is 4.79 Å². The molecule has 24 heavy (non-hydrogen) atoms. The largest absolute Gasteiger partial charge is 0.497 e. The lowest BCUT2D eigenvalue weighted by atomic mass is 10.1. The standard InChI is InChI=1S/C19H23NO4/c1-22-16-8-4-7-15(13-16)19(21)20-11-5-6-14-9-10-17(23-2)18(12-14)24-3/h4,7-10,12-13H,5-6,11H2,1-3H3,(H,20,21). The van der Waals surface area contributed by atoms with Crippen molar-refractivity contribution in [1.29, 1.82) is 0 Å². The van der Waals surface area contributed by atoms with Crippen molar-refractivity contribution in [2.75, 3.05) is 27.9 Å². The maximum absolute atomic E-state index is 12.1. The fraction of sp³-hybridized carbons (Fsp3) is 0.316. The number of carbonyl (C=O) groups is 1. The summed E-state index contributed by atoms with van der Waals surface area (Å²) in [6.07, 6.45) is 1.68. The van der Waals surface area contributed by atoms with Gasteiger partial charge < -0.3 is 19.5 Å². The summed E-state index contributed by atoms with van der Waals surface area (Å²) >= 11 is 0. The molecule has 5 nitrogen and oxygen atoms in total. The van der Waals surface area contributed by atoms with E-state index in [0.29, 0.717) is 23.6 Å². The summed E-state index contributed by atoms with van der Waals surface area (Å²) in [5.41, 5.74) is 1.74. The van der Waals surface area contributed by atoms with Gasteiger partial charge in [0.2, 0.25) is 0 Å². The van der Waals surface area contributed by atoms with Crippen molar-refractivity contribution in [1.82, 2.24) is 5.32 Å². The number of hydrogen-bond acceptors (Lipinski definition) is 4. The zero-order valence-electron chi connectivity index (χ0n) is 14.3. The number of amides is 1. The second kappa shape index (κ2) is 8.82. The molecular formula is C19H23NO4. The minimum Gasteiger partial charge on any atom is -0.497 e. The molecule has 0 unspecified atom stereocenters. The normalized spacial score (nSPS) is 10.1. The van der Waals surface area contributed by atoms with E-state index in [9.17, 15) is 4.79 Å². The molecule has 0 bridgehead atoms. The van der Waals surface area contributed by atoms with Gasteiger partial charge in [-0.25, -0.2) is 0 Å². The summed E-state index contributed by atoms with van der Waals surface area (Å²) in [5, 5.41) is 2.92. The lowest BCUT2D eigenvalue weighted by molar-refractivity contribution is 0.0953. The van der Waals surface area contributed by atoms with Gasteiger partial charge in [-0.1, -0.05) is 12.1 Å². The van der Waals surface area contributed by atoms with Crippen molar-refractivity contribution >= 4 is 5.91 Å². The lowest BCUT2D eigenvalue weighted by Gasteiger charge is -2.10. The smallest absolute Gasteiger partial charge is 0.251 e. The third-order valence-corrected chi connectivity index (χ3v) is 3.71. The van der Waals surface area contributed by atoms with Crippen molar-refractivity contribution in [2.24, 2.45) is 0 Å². The molecule has 2 aromatic rings. The Kier molecular flexibility index (Phi) is 6.49. The quantitative estimate of drug-likeness (QED) is 0.756. The molecule has 0 aromatic heterocycles. The van der Waals surface area contributed by atoms with Gasteiger partial charge in [0.25, 0.3) is 5.91 Å². The second-order valence-corrected chi connectivity index (χ2v) is 5.28. The first kappa shape index (κ1) is 17.7. The highest BCUT2D eigenvalue weighted by atomic mass is 16.5. The topological polar surface area (TPSA) is 56.8 Å². The van der Waals surface area contributed by atoms with Gasteiger partial charge in [-0.05, 0) is 48.7 Å².